The third-order valence-corrected chi connectivity index (χ3v) is 7.50. The van der Waals surface area contributed by atoms with Crippen LogP contribution >= 0.6 is 8.60 Å². The number of hydrogen-bond acceptors (Lipinski definition) is 3. The summed E-state index contributed by atoms with van der Waals surface area (Å²) >= 11 is 0. The van der Waals surface area contributed by atoms with E-state index < -0.39 is 8.60 Å². The number of aryl methyl sites for hydroxylation is 2. The quantitative estimate of drug-likeness (QED) is 0.0906. The zero-order chi connectivity index (χ0) is 27.4. The number of benzene rings is 1. The number of unbranched alkanes of at least 4 members (excludes halogenated alkanes) is 18. The molecule has 1 aromatic rings. The van der Waals surface area contributed by atoms with Crippen LogP contribution < -0.4 is 0 Å². The summed E-state index contributed by atoms with van der Waals surface area (Å²) in [6.45, 7) is 6.94. The van der Waals surface area contributed by atoms with Gasteiger partial charge in [-0.3, -0.25) is 0 Å². The smallest absolute Gasteiger partial charge is 0.324 e. The molecule has 218 valence electrons. The lowest BCUT2D eigenvalue weighted by molar-refractivity contribution is 0.368. The maximum Gasteiger partial charge on any atom is 0.324 e. The summed E-state index contributed by atoms with van der Waals surface area (Å²) in [5.74, 6) is 0. The molecule has 0 unspecified atom stereocenters. The second kappa shape index (κ2) is 28.5. The first kappa shape index (κ1) is 36.5. The predicted molar refractivity (Wildman–Crippen MR) is 165 cm³/mol. The molecule has 37 heavy (non-hydrogen) atoms. The van der Waals surface area contributed by atoms with Gasteiger partial charge >= 0.3 is 8.60 Å². The first-order valence-corrected chi connectivity index (χ1v) is 17.2. The van der Waals surface area contributed by atoms with E-state index in [-0.39, 0.29) is 0 Å². The van der Waals surface area contributed by atoms with Crippen molar-refractivity contribution in [2.75, 3.05) is 0 Å². The van der Waals surface area contributed by atoms with Crippen LogP contribution in [-0.2, 0) is 19.3 Å². The fourth-order valence-corrected chi connectivity index (χ4v) is 5.28. The van der Waals surface area contributed by atoms with E-state index in [1.54, 1.807) is 16.7 Å². The van der Waals surface area contributed by atoms with Gasteiger partial charge in [0.25, 0.3) is 0 Å². The average Bonchev–Trinajstić information content (AvgIpc) is 2.87. The molecule has 0 aliphatic carbocycles. The van der Waals surface area contributed by atoms with Gasteiger partial charge in [0.2, 0.25) is 0 Å². The largest absolute Gasteiger partial charge is 0.328 e. The zero-order valence-electron chi connectivity index (χ0n) is 25.0. The van der Waals surface area contributed by atoms with E-state index in [1.807, 2.05) is 0 Å². The summed E-state index contributed by atoms with van der Waals surface area (Å²) in [6.07, 6.45) is 33.6. The third kappa shape index (κ3) is 24.3. The normalized spacial score (nSPS) is 11.1. The third-order valence-electron chi connectivity index (χ3n) is 7.50. The second-order valence-electron chi connectivity index (χ2n) is 10.9. The van der Waals surface area contributed by atoms with Gasteiger partial charge in [-0.25, -0.2) is 0 Å². The fraction of sp³-hybridized carbons (Fsp3) is 0.818. The number of rotatable bonds is 24. The lowest BCUT2D eigenvalue weighted by atomic mass is 9.90. The Morgan fingerprint density at radius 3 is 1.03 bits per heavy atom. The molecule has 0 aliphatic rings. The molecule has 0 spiro atoms. The molecule has 0 saturated carbocycles. The van der Waals surface area contributed by atoms with Crippen molar-refractivity contribution in [1.29, 1.82) is 0 Å². The van der Waals surface area contributed by atoms with Crippen molar-refractivity contribution in [2.45, 2.75) is 175 Å². The number of hydrogen-bond donors (Lipinski definition) is 3. The molecule has 0 atom stereocenters. The Bertz CT molecular complexity index is 552. The van der Waals surface area contributed by atoms with E-state index in [0.717, 1.165) is 0 Å². The molecule has 4 heteroatoms. The van der Waals surface area contributed by atoms with Gasteiger partial charge in [-0.05, 0) is 55.2 Å². The summed E-state index contributed by atoms with van der Waals surface area (Å²) in [6, 6.07) is 7.28. The lowest BCUT2D eigenvalue weighted by Crippen LogP contribution is -2.02. The van der Waals surface area contributed by atoms with Crippen LogP contribution in [0, 0.1) is 0 Å². The van der Waals surface area contributed by atoms with Crippen LogP contribution in [0.1, 0.15) is 172 Å². The SMILES string of the molecule is CCCCCCCCCc1cccc(CCCCCCCCC)c1CCCCCCCCC.OP(O)O. The summed E-state index contributed by atoms with van der Waals surface area (Å²) in [4.78, 5) is 21.7. The van der Waals surface area contributed by atoms with E-state index in [2.05, 4.69) is 39.0 Å². The van der Waals surface area contributed by atoms with Gasteiger partial charge in [-0.2, -0.15) is 0 Å². The van der Waals surface area contributed by atoms with Gasteiger partial charge in [0.1, 0.15) is 0 Å². The van der Waals surface area contributed by atoms with E-state index in [1.165, 1.54) is 154 Å². The molecule has 0 aliphatic heterocycles. The summed E-state index contributed by atoms with van der Waals surface area (Å²) in [5, 5.41) is 0. The second-order valence-corrected chi connectivity index (χ2v) is 11.5. The van der Waals surface area contributed by atoms with Crippen molar-refractivity contribution < 1.29 is 14.7 Å². The molecule has 1 rings (SSSR count). The minimum atomic E-state index is -2.62. The average molecular weight is 539 g/mol. The van der Waals surface area contributed by atoms with E-state index in [9.17, 15) is 0 Å². The molecule has 0 fully saturated rings. The van der Waals surface area contributed by atoms with Gasteiger partial charge in [-0.15, -0.1) is 0 Å². The molecule has 0 saturated heterocycles. The van der Waals surface area contributed by atoms with Crippen molar-refractivity contribution in [3.8, 4) is 0 Å². The van der Waals surface area contributed by atoms with E-state index in [4.69, 9.17) is 14.7 Å². The topological polar surface area (TPSA) is 60.7 Å². The van der Waals surface area contributed by atoms with Crippen molar-refractivity contribution in [3.63, 3.8) is 0 Å². The highest BCUT2D eigenvalue weighted by molar-refractivity contribution is 7.38. The Labute approximate surface area is 232 Å². The Kier molecular flexibility index (Phi) is 28.2. The van der Waals surface area contributed by atoms with Crippen LogP contribution in [-0.4, -0.2) is 14.7 Å². The Morgan fingerprint density at radius 2 is 0.703 bits per heavy atom. The molecule has 0 heterocycles. The zero-order valence-corrected chi connectivity index (χ0v) is 25.9. The molecule has 1 aromatic carbocycles. The minimum absolute atomic E-state index is 1.31. The first-order valence-electron chi connectivity index (χ1n) is 16.0. The Balaban J connectivity index is 0.00000300. The maximum absolute atomic E-state index is 7.23. The van der Waals surface area contributed by atoms with Gasteiger partial charge in [0, 0.05) is 0 Å². The molecular formula is C33H63O3P. The first-order chi connectivity index (χ1) is 18.1. The van der Waals surface area contributed by atoms with Crippen LogP contribution in [0.2, 0.25) is 0 Å². The summed E-state index contributed by atoms with van der Waals surface area (Å²) in [7, 11) is -2.62. The molecule has 3 N–H and O–H groups in total. The van der Waals surface area contributed by atoms with Crippen molar-refractivity contribution in [1.82, 2.24) is 0 Å². The van der Waals surface area contributed by atoms with Crippen molar-refractivity contribution >= 4 is 8.60 Å². The van der Waals surface area contributed by atoms with Crippen molar-refractivity contribution in [2.24, 2.45) is 0 Å². The van der Waals surface area contributed by atoms with Crippen LogP contribution in [0.15, 0.2) is 18.2 Å². The Morgan fingerprint density at radius 1 is 0.432 bits per heavy atom. The highest BCUT2D eigenvalue weighted by Crippen LogP contribution is 2.23. The highest BCUT2D eigenvalue weighted by Gasteiger charge is 2.09. The van der Waals surface area contributed by atoms with Gasteiger partial charge in [-0.1, -0.05) is 155 Å². The van der Waals surface area contributed by atoms with Crippen LogP contribution in [0.5, 0.6) is 0 Å². The predicted octanol–water partition coefficient (Wildman–Crippen LogP) is 10.8. The minimum Gasteiger partial charge on any atom is -0.328 e. The fourth-order valence-electron chi connectivity index (χ4n) is 5.28. The monoisotopic (exact) mass is 538 g/mol. The molecule has 0 radical (unpaired) electrons. The maximum atomic E-state index is 7.23. The molecular weight excluding hydrogens is 475 g/mol. The lowest BCUT2D eigenvalue weighted by Gasteiger charge is -2.16. The molecule has 3 nitrogen and oxygen atoms in total. The Hall–Kier alpha value is -0.470. The van der Waals surface area contributed by atoms with Gasteiger partial charge in [0.15, 0.2) is 0 Å². The van der Waals surface area contributed by atoms with Crippen LogP contribution in [0.3, 0.4) is 0 Å². The van der Waals surface area contributed by atoms with E-state index in [0.29, 0.717) is 0 Å². The van der Waals surface area contributed by atoms with Crippen LogP contribution in [0.25, 0.3) is 0 Å². The molecule has 0 bridgehead atoms. The highest BCUT2D eigenvalue weighted by atomic mass is 31.2. The van der Waals surface area contributed by atoms with Crippen LogP contribution in [0.4, 0.5) is 0 Å². The molecule has 0 amide bonds. The van der Waals surface area contributed by atoms with Gasteiger partial charge < -0.3 is 14.7 Å². The molecule has 0 aromatic heterocycles. The van der Waals surface area contributed by atoms with Gasteiger partial charge in [0.05, 0.1) is 0 Å². The summed E-state index contributed by atoms with van der Waals surface area (Å²) < 4.78 is 0. The van der Waals surface area contributed by atoms with Crippen molar-refractivity contribution in [3.05, 3.63) is 34.9 Å². The summed E-state index contributed by atoms with van der Waals surface area (Å²) in [5.41, 5.74) is 5.13. The standard InChI is InChI=1S/C33H60.H3O3P/c1-4-7-10-13-16-19-22-26-31-28-25-29-32(27-23-20-17-14-11-8-5-2)33(31)30-24-21-18-15-12-9-6-3;1-4(2)3/h25,28-29H,4-24,26-27,30H2,1-3H3;1-3H. The van der Waals surface area contributed by atoms with E-state index >= 15 is 0 Å².